The summed E-state index contributed by atoms with van der Waals surface area (Å²) in [7, 11) is 0. The number of likely N-dealkylation sites (tertiary alicyclic amines) is 1. The van der Waals surface area contributed by atoms with Crippen molar-refractivity contribution in [3.63, 3.8) is 0 Å². The number of rotatable bonds is 4. The number of carbonyl (C=O) groups excluding carboxylic acids is 1. The standard InChI is InChI=1S/C21H20ClN3O2/c22-17-8-6-15(7-9-17)12-18-14-24-20(27-18)19-5-1-2-11-25(19)21(26)16-4-3-10-23-13-16/h3-4,6-10,13-14,19H,1-2,5,11-12H2/t19-/m1/s1. The zero-order valence-corrected chi connectivity index (χ0v) is 15.6. The molecule has 1 saturated heterocycles. The smallest absolute Gasteiger partial charge is 0.256 e. The van der Waals surface area contributed by atoms with Crippen molar-refractivity contribution in [1.82, 2.24) is 14.9 Å². The third-order valence-corrected chi connectivity index (χ3v) is 5.07. The lowest BCUT2D eigenvalue weighted by Gasteiger charge is -2.33. The Hall–Kier alpha value is -2.66. The van der Waals surface area contributed by atoms with Crippen molar-refractivity contribution >= 4 is 17.5 Å². The summed E-state index contributed by atoms with van der Waals surface area (Å²) in [4.78, 5) is 23.3. The van der Waals surface area contributed by atoms with E-state index in [-0.39, 0.29) is 11.9 Å². The molecule has 0 saturated carbocycles. The first-order valence-corrected chi connectivity index (χ1v) is 9.48. The highest BCUT2D eigenvalue weighted by Gasteiger charge is 2.32. The monoisotopic (exact) mass is 381 g/mol. The predicted octanol–water partition coefficient (Wildman–Crippen LogP) is 4.68. The number of oxazole rings is 1. The van der Waals surface area contributed by atoms with Crippen molar-refractivity contribution in [2.75, 3.05) is 6.54 Å². The molecule has 27 heavy (non-hydrogen) atoms. The van der Waals surface area contributed by atoms with Gasteiger partial charge in [-0.1, -0.05) is 23.7 Å². The maximum atomic E-state index is 12.9. The summed E-state index contributed by atoms with van der Waals surface area (Å²) >= 11 is 5.94. The summed E-state index contributed by atoms with van der Waals surface area (Å²) in [6, 6.07) is 11.1. The van der Waals surface area contributed by atoms with Gasteiger partial charge in [-0.15, -0.1) is 0 Å². The first-order valence-electron chi connectivity index (χ1n) is 9.11. The lowest BCUT2D eigenvalue weighted by atomic mass is 10.0. The highest BCUT2D eigenvalue weighted by Crippen LogP contribution is 2.32. The molecule has 1 aliphatic heterocycles. The van der Waals surface area contributed by atoms with Crippen molar-refractivity contribution < 1.29 is 9.21 Å². The van der Waals surface area contributed by atoms with E-state index in [1.165, 1.54) is 0 Å². The Bertz CT molecular complexity index is 909. The van der Waals surface area contributed by atoms with Crippen LogP contribution in [0.5, 0.6) is 0 Å². The average molecular weight is 382 g/mol. The van der Waals surface area contributed by atoms with E-state index in [0.717, 1.165) is 30.6 Å². The Morgan fingerprint density at radius 3 is 2.81 bits per heavy atom. The second kappa shape index (κ2) is 7.92. The summed E-state index contributed by atoms with van der Waals surface area (Å²) in [5.74, 6) is 1.37. The van der Waals surface area contributed by atoms with Crippen molar-refractivity contribution in [3.8, 4) is 0 Å². The fraction of sp³-hybridized carbons (Fsp3) is 0.286. The van der Waals surface area contributed by atoms with Crippen LogP contribution in [0.1, 0.15) is 52.9 Å². The van der Waals surface area contributed by atoms with Gasteiger partial charge in [0.1, 0.15) is 11.8 Å². The van der Waals surface area contributed by atoms with Crippen molar-refractivity contribution in [2.45, 2.75) is 31.7 Å². The number of amides is 1. The molecule has 0 spiro atoms. The molecule has 3 heterocycles. The summed E-state index contributed by atoms with van der Waals surface area (Å²) < 4.78 is 6.02. The van der Waals surface area contributed by atoms with Gasteiger partial charge in [0.25, 0.3) is 5.91 Å². The third kappa shape index (κ3) is 4.03. The summed E-state index contributed by atoms with van der Waals surface area (Å²) in [5.41, 5.74) is 1.70. The molecule has 1 aromatic carbocycles. The van der Waals surface area contributed by atoms with Gasteiger partial charge >= 0.3 is 0 Å². The molecule has 2 aromatic heterocycles. The number of carbonyl (C=O) groups is 1. The second-order valence-electron chi connectivity index (χ2n) is 6.72. The van der Waals surface area contributed by atoms with E-state index in [1.54, 1.807) is 30.7 Å². The number of benzene rings is 1. The lowest BCUT2D eigenvalue weighted by molar-refractivity contribution is 0.0569. The van der Waals surface area contributed by atoms with Gasteiger partial charge in [0.2, 0.25) is 5.89 Å². The molecule has 4 rings (SSSR count). The van der Waals surface area contributed by atoms with Gasteiger partial charge in [0, 0.05) is 30.4 Å². The van der Waals surface area contributed by atoms with E-state index in [4.69, 9.17) is 16.0 Å². The summed E-state index contributed by atoms with van der Waals surface area (Å²) in [6.45, 7) is 0.702. The number of aromatic nitrogens is 2. The molecule has 1 atom stereocenters. The highest BCUT2D eigenvalue weighted by molar-refractivity contribution is 6.30. The molecule has 0 aliphatic carbocycles. The van der Waals surface area contributed by atoms with E-state index >= 15 is 0 Å². The summed E-state index contributed by atoms with van der Waals surface area (Å²) in [5, 5.41) is 0.712. The van der Waals surface area contributed by atoms with Crippen LogP contribution in [-0.2, 0) is 6.42 Å². The van der Waals surface area contributed by atoms with E-state index < -0.39 is 0 Å². The first kappa shape index (κ1) is 17.7. The third-order valence-electron chi connectivity index (χ3n) is 4.82. The predicted molar refractivity (Wildman–Crippen MR) is 103 cm³/mol. The van der Waals surface area contributed by atoms with Crippen LogP contribution in [0.25, 0.3) is 0 Å². The minimum atomic E-state index is -0.134. The maximum Gasteiger partial charge on any atom is 0.256 e. The number of hydrogen-bond donors (Lipinski definition) is 0. The topological polar surface area (TPSA) is 59.2 Å². The van der Waals surface area contributed by atoms with Crippen LogP contribution in [0, 0.1) is 0 Å². The molecule has 1 aliphatic rings. The largest absolute Gasteiger partial charge is 0.443 e. The molecule has 3 aromatic rings. The fourth-order valence-electron chi connectivity index (χ4n) is 3.45. The van der Waals surface area contributed by atoms with Crippen molar-refractivity contribution in [2.24, 2.45) is 0 Å². The van der Waals surface area contributed by atoms with Crippen LogP contribution >= 0.6 is 11.6 Å². The van der Waals surface area contributed by atoms with Gasteiger partial charge in [-0.05, 0) is 49.1 Å². The minimum absolute atomic E-state index is 0.0229. The van der Waals surface area contributed by atoms with E-state index in [2.05, 4.69) is 9.97 Å². The molecule has 5 nitrogen and oxygen atoms in total. The van der Waals surface area contributed by atoms with Gasteiger partial charge < -0.3 is 9.32 Å². The molecule has 1 amide bonds. The molecular weight excluding hydrogens is 362 g/mol. The highest BCUT2D eigenvalue weighted by atomic mass is 35.5. The maximum absolute atomic E-state index is 12.9. The number of hydrogen-bond acceptors (Lipinski definition) is 4. The van der Waals surface area contributed by atoms with E-state index in [1.807, 2.05) is 29.2 Å². The van der Waals surface area contributed by atoms with Crippen LogP contribution in [0.3, 0.4) is 0 Å². The van der Waals surface area contributed by atoms with E-state index in [0.29, 0.717) is 29.4 Å². The fourth-order valence-corrected chi connectivity index (χ4v) is 3.57. The van der Waals surface area contributed by atoms with Gasteiger partial charge in [0.05, 0.1) is 11.8 Å². The minimum Gasteiger partial charge on any atom is -0.443 e. The van der Waals surface area contributed by atoms with E-state index in [9.17, 15) is 4.79 Å². The van der Waals surface area contributed by atoms with Crippen molar-refractivity contribution in [3.05, 3.63) is 82.8 Å². The van der Waals surface area contributed by atoms with Crippen LogP contribution in [0.4, 0.5) is 0 Å². The van der Waals surface area contributed by atoms with Gasteiger partial charge in [-0.3, -0.25) is 9.78 Å². The summed E-state index contributed by atoms with van der Waals surface area (Å²) in [6.07, 6.45) is 8.57. The van der Waals surface area contributed by atoms with Crippen LogP contribution in [0.2, 0.25) is 5.02 Å². The number of nitrogens with zero attached hydrogens (tertiary/aromatic N) is 3. The normalized spacial score (nSPS) is 17.1. The van der Waals surface area contributed by atoms with Crippen LogP contribution in [-0.4, -0.2) is 27.3 Å². The quantitative estimate of drug-likeness (QED) is 0.658. The molecule has 138 valence electrons. The average Bonchev–Trinajstić information content (AvgIpc) is 3.18. The second-order valence-corrected chi connectivity index (χ2v) is 7.16. The molecule has 1 fully saturated rings. The zero-order chi connectivity index (χ0) is 18.6. The Balaban J connectivity index is 1.53. The zero-order valence-electron chi connectivity index (χ0n) is 14.8. The molecule has 0 unspecified atom stereocenters. The first-order chi connectivity index (χ1) is 13.2. The van der Waals surface area contributed by atoms with Gasteiger partial charge in [0.15, 0.2) is 0 Å². The van der Waals surface area contributed by atoms with Gasteiger partial charge in [-0.2, -0.15) is 0 Å². The molecule has 0 radical (unpaired) electrons. The lowest BCUT2D eigenvalue weighted by Crippen LogP contribution is -2.38. The Labute approximate surface area is 163 Å². The number of piperidine rings is 1. The Morgan fingerprint density at radius 2 is 2.04 bits per heavy atom. The number of pyridine rings is 1. The van der Waals surface area contributed by atoms with Crippen LogP contribution < -0.4 is 0 Å². The Morgan fingerprint density at radius 1 is 1.19 bits per heavy atom. The Kier molecular flexibility index (Phi) is 5.21. The number of halogens is 1. The van der Waals surface area contributed by atoms with Crippen LogP contribution in [0.15, 0.2) is 59.4 Å². The SMILES string of the molecule is O=C(c1cccnc1)N1CCCC[C@@H]1c1ncc(Cc2ccc(Cl)cc2)o1. The molecule has 0 bridgehead atoms. The molecule has 6 heteroatoms. The van der Waals surface area contributed by atoms with Gasteiger partial charge in [-0.25, -0.2) is 4.98 Å². The van der Waals surface area contributed by atoms with Crippen molar-refractivity contribution in [1.29, 1.82) is 0 Å². The molecule has 0 N–H and O–H groups in total. The molecular formula is C21H20ClN3O2.